The molecule has 0 saturated carbocycles. The van der Waals surface area contributed by atoms with E-state index in [1.807, 2.05) is 13.0 Å². The first-order valence-corrected chi connectivity index (χ1v) is 7.05. The van der Waals surface area contributed by atoms with Gasteiger partial charge < -0.3 is 9.47 Å². The van der Waals surface area contributed by atoms with Crippen LogP contribution in [0.1, 0.15) is 28.5 Å². The number of pyridine rings is 1. The van der Waals surface area contributed by atoms with Crippen molar-refractivity contribution < 1.29 is 14.3 Å². The largest absolute Gasteiger partial charge is 0.493 e. The van der Waals surface area contributed by atoms with E-state index < -0.39 is 0 Å². The van der Waals surface area contributed by atoms with Gasteiger partial charge in [-0.2, -0.15) is 5.10 Å². The fourth-order valence-corrected chi connectivity index (χ4v) is 1.93. The van der Waals surface area contributed by atoms with Crippen molar-refractivity contribution in [2.24, 2.45) is 5.10 Å². The summed E-state index contributed by atoms with van der Waals surface area (Å²) in [5.74, 6) is 0.935. The fourth-order valence-electron chi connectivity index (χ4n) is 1.93. The minimum Gasteiger partial charge on any atom is -0.493 e. The van der Waals surface area contributed by atoms with Crippen LogP contribution >= 0.6 is 0 Å². The maximum absolute atomic E-state index is 12.0. The summed E-state index contributed by atoms with van der Waals surface area (Å²) in [5.41, 5.74) is 5.31. The average Bonchev–Trinajstić information content (AvgIpc) is 2.59. The van der Waals surface area contributed by atoms with Crippen LogP contribution in [-0.2, 0) is 0 Å². The second-order valence-corrected chi connectivity index (χ2v) is 4.90. The smallest absolute Gasteiger partial charge is 0.272 e. The monoisotopic (exact) mass is 313 g/mol. The molecule has 0 unspecified atom stereocenters. The summed E-state index contributed by atoms with van der Waals surface area (Å²) in [6, 6.07) is 8.93. The van der Waals surface area contributed by atoms with E-state index in [4.69, 9.17) is 9.47 Å². The number of hydrogen-bond donors (Lipinski definition) is 1. The van der Waals surface area contributed by atoms with E-state index in [0.29, 0.717) is 22.8 Å². The van der Waals surface area contributed by atoms with Crippen molar-refractivity contribution in [1.82, 2.24) is 10.4 Å². The molecular weight excluding hydrogens is 294 g/mol. The molecule has 0 aliphatic heterocycles. The molecule has 0 fully saturated rings. The average molecular weight is 313 g/mol. The number of carbonyl (C=O) groups is 1. The van der Waals surface area contributed by atoms with Crippen LogP contribution in [0.2, 0.25) is 0 Å². The third-order valence-corrected chi connectivity index (χ3v) is 3.30. The highest BCUT2D eigenvalue weighted by molar-refractivity contribution is 6.01. The van der Waals surface area contributed by atoms with Gasteiger partial charge in [0.25, 0.3) is 5.91 Å². The normalized spacial score (nSPS) is 11.0. The highest BCUT2D eigenvalue weighted by Crippen LogP contribution is 2.27. The summed E-state index contributed by atoms with van der Waals surface area (Å²) in [7, 11) is 3.15. The Hall–Kier alpha value is -2.89. The third kappa shape index (κ3) is 4.06. The molecule has 0 atom stereocenters. The second kappa shape index (κ2) is 7.40. The maximum atomic E-state index is 12.0. The summed E-state index contributed by atoms with van der Waals surface area (Å²) in [6.07, 6.45) is 1.52. The van der Waals surface area contributed by atoms with Crippen molar-refractivity contribution in [3.63, 3.8) is 0 Å². The summed E-state index contributed by atoms with van der Waals surface area (Å²) in [4.78, 5) is 16.1. The molecule has 1 heterocycles. The van der Waals surface area contributed by atoms with Crippen molar-refractivity contribution in [2.75, 3.05) is 14.2 Å². The van der Waals surface area contributed by atoms with E-state index in [1.54, 1.807) is 45.4 Å². The van der Waals surface area contributed by atoms with Gasteiger partial charge in [-0.3, -0.25) is 9.78 Å². The van der Waals surface area contributed by atoms with E-state index >= 15 is 0 Å². The molecule has 1 aromatic carbocycles. The van der Waals surface area contributed by atoms with Crippen LogP contribution in [0.15, 0.2) is 41.6 Å². The number of amides is 1. The van der Waals surface area contributed by atoms with E-state index in [-0.39, 0.29) is 5.91 Å². The number of ether oxygens (including phenoxy) is 2. The molecule has 6 nitrogen and oxygen atoms in total. The lowest BCUT2D eigenvalue weighted by Crippen LogP contribution is -2.19. The number of carbonyl (C=O) groups excluding carboxylic acids is 1. The molecule has 2 rings (SSSR count). The minimum absolute atomic E-state index is 0.308. The van der Waals surface area contributed by atoms with Gasteiger partial charge in [0.05, 0.1) is 25.5 Å². The second-order valence-electron chi connectivity index (χ2n) is 4.90. The van der Waals surface area contributed by atoms with Gasteiger partial charge in [0, 0.05) is 17.5 Å². The first-order valence-electron chi connectivity index (χ1n) is 7.05. The van der Waals surface area contributed by atoms with Gasteiger partial charge in [-0.05, 0) is 44.2 Å². The molecule has 23 heavy (non-hydrogen) atoms. The summed E-state index contributed by atoms with van der Waals surface area (Å²) in [6.45, 7) is 3.66. The van der Waals surface area contributed by atoms with Crippen LogP contribution in [-0.4, -0.2) is 30.8 Å². The summed E-state index contributed by atoms with van der Waals surface area (Å²) >= 11 is 0. The number of nitrogens with one attached hydrogen (secondary N) is 1. The number of aryl methyl sites for hydroxylation is 1. The van der Waals surface area contributed by atoms with Gasteiger partial charge in [-0.1, -0.05) is 0 Å². The first kappa shape index (κ1) is 16.5. The summed E-state index contributed by atoms with van der Waals surface area (Å²) in [5, 5.41) is 4.12. The van der Waals surface area contributed by atoms with Crippen LogP contribution in [0.4, 0.5) is 0 Å². The maximum Gasteiger partial charge on any atom is 0.272 e. The molecule has 0 aliphatic carbocycles. The molecule has 6 heteroatoms. The topological polar surface area (TPSA) is 72.8 Å². The van der Waals surface area contributed by atoms with Crippen LogP contribution in [0.25, 0.3) is 0 Å². The standard InChI is InChI=1S/C17H19N3O3/c1-11-5-6-14(10-18-11)17(21)20-19-12(2)13-7-8-15(22-3)16(9-13)23-4/h5-10H,1-4H3,(H,20,21)/b19-12-. The third-order valence-electron chi connectivity index (χ3n) is 3.30. The van der Waals surface area contributed by atoms with Gasteiger partial charge in [0.15, 0.2) is 11.5 Å². The Kier molecular flexibility index (Phi) is 5.30. The molecule has 1 amide bonds. The quantitative estimate of drug-likeness (QED) is 0.680. The summed E-state index contributed by atoms with van der Waals surface area (Å²) < 4.78 is 10.5. The number of nitrogens with zero attached hydrogens (tertiary/aromatic N) is 2. The minimum atomic E-state index is -0.308. The van der Waals surface area contributed by atoms with Gasteiger partial charge in [0.1, 0.15) is 0 Å². The van der Waals surface area contributed by atoms with Crippen molar-refractivity contribution >= 4 is 11.6 Å². The number of methoxy groups -OCH3 is 2. The Bertz CT molecular complexity index is 724. The molecule has 0 radical (unpaired) electrons. The molecule has 0 saturated heterocycles. The highest BCUT2D eigenvalue weighted by atomic mass is 16.5. The fraction of sp³-hybridized carbons (Fsp3) is 0.235. The Morgan fingerprint density at radius 3 is 2.39 bits per heavy atom. The number of hydrazone groups is 1. The molecule has 0 spiro atoms. The van der Waals surface area contributed by atoms with Crippen LogP contribution in [0.3, 0.4) is 0 Å². The Morgan fingerprint density at radius 2 is 1.78 bits per heavy atom. The van der Waals surface area contributed by atoms with Crippen molar-refractivity contribution in [3.05, 3.63) is 53.3 Å². The SMILES string of the molecule is COc1ccc(/C(C)=N\NC(=O)c2ccc(C)nc2)cc1OC. The van der Waals surface area contributed by atoms with E-state index in [0.717, 1.165) is 11.3 Å². The number of aromatic nitrogens is 1. The van der Waals surface area contributed by atoms with Gasteiger partial charge in [0.2, 0.25) is 0 Å². The molecule has 0 aliphatic rings. The predicted octanol–water partition coefficient (Wildman–Crippen LogP) is 2.56. The number of benzene rings is 1. The van der Waals surface area contributed by atoms with E-state index in [2.05, 4.69) is 15.5 Å². The number of hydrogen-bond acceptors (Lipinski definition) is 5. The van der Waals surface area contributed by atoms with Crippen LogP contribution in [0.5, 0.6) is 11.5 Å². The molecule has 0 bridgehead atoms. The molecule has 120 valence electrons. The lowest BCUT2D eigenvalue weighted by Gasteiger charge is -2.09. The van der Waals surface area contributed by atoms with Gasteiger partial charge in [-0.15, -0.1) is 0 Å². The van der Waals surface area contributed by atoms with Crippen molar-refractivity contribution in [2.45, 2.75) is 13.8 Å². The zero-order chi connectivity index (χ0) is 16.8. The van der Waals surface area contributed by atoms with Gasteiger partial charge >= 0.3 is 0 Å². The van der Waals surface area contributed by atoms with E-state index in [1.165, 1.54) is 6.20 Å². The zero-order valence-corrected chi connectivity index (χ0v) is 13.6. The van der Waals surface area contributed by atoms with Crippen LogP contribution < -0.4 is 14.9 Å². The van der Waals surface area contributed by atoms with Gasteiger partial charge in [-0.25, -0.2) is 5.43 Å². The first-order chi connectivity index (χ1) is 11.0. The lowest BCUT2D eigenvalue weighted by molar-refractivity contribution is 0.0954. The predicted molar refractivity (Wildman–Crippen MR) is 88.2 cm³/mol. The zero-order valence-electron chi connectivity index (χ0n) is 13.6. The Labute approximate surface area is 135 Å². The molecule has 2 aromatic rings. The molecule has 1 aromatic heterocycles. The van der Waals surface area contributed by atoms with Crippen molar-refractivity contribution in [3.8, 4) is 11.5 Å². The Morgan fingerprint density at radius 1 is 1.09 bits per heavy atom. The highest BCUT2D eigenvalue weighted by Gasteiger charge is 2.08. The number of rotatable bonds is 5. The van der Waals surface area contributed by atoms with E-state index in [9.17, 15) is 4.79 Å². The Balaban J connectivity index is 2.13. The molecular formula is C17H19N3O3. The molecule has 1 N–H and O–H groups in total. The lowest BCUT2D eigenvalue weighted by atomic mass is 10.1. The van der Waals surface area contributed by atoms with Crippen molar-refractivity contribution in [1.29, 1.82) is 0 Å². The van der Waals surface area contributed by atoms with Crippen LogP contribution in [0, 0.1) is 6.92 Å².